The summed E-state index contributed by atoms with van der Waals surface area (Å²) in [6.45, 7) is 4.47. The minimum Gasteiger partial charge on any atom is -0.353 e. The minimum absolute atomic E-state index is 0.165. The van der Waals surface area contributed by atoms with Crippen LogP contribution in [0.1, 0.15) is 12.0 Å². The molecule has 6 nitrogen and oxygen atoms in total. The molecule has 1 aromatic carbocycles. The molecule has 0 atom stereocenters. The number of hydrogen-bond donors (Lipinski definition) is 1. The molecule has 0 unspecified atom stereocenters. The first-order chi connectivity index (χ1) is 12.5. The third-order valence-electron chi connectivity index (χ3n) is 4.37. The van der Waals surface area contributed by atoms with Crippen LogP contribution in [0.5, 0.6) is 0 Å². The van der Waals surface area contributed by atoms with Gasteiger partial charge >= 0.3 is 0 Å². The van der Waals surface area contributed by atoms with Gasteiger partial charge in [0.2, 0.25) is 11.8 Å². The zero-order valence-corrected chi connectivity index (χ0v) is 15.4. The Morgan fingerprint density at radius 2 is 1.92 bits per heavy atom. The van der Waals surface area contributed by atoms with Crippen LogP contribution in [-0.4, -0.2) is 47.9 Å². The number of aromatic nitrogens is 1. The fourth-order valence-electron chi connectivity index (χ4n) is 2.85. The molecular weight excluding hydrogens is 352 g/mol. The number of piperazine rings is 1. The summed E-state index contributed by atoms with van der Waals surface area (Å²) in [5, 5.41) is 3.31. The van der Waals surface area contributed by atoms with Crippen LogP contribution in [0.15, 0.2) is 42.6 Å². The summed E-state index contributed by atoms with van der Waals surface area (Å²) in [6.07, 6.45) is 1.59. The smallest absolute Gasteiger partial charge is 0.233 e. The van der Waals surface area contributed by atoms with Crippen LogP contribution >= 0.6 is 11.6 Å². The van der Waals surface area contributed by atoms with E-state index in [0.29, 0.717) is 36.9 Å². The van der Waals surface area contributed by atoms with Gasteiger partial charge in [0.1, 0.15) is 12.2 Å². The molecule has 0 radical (unpaired) electrons. The predicted molar refractivity (Wildman–Crippen MR) is 102 cm³/mol. The second kappa shape index (κ2) is 8.19. The number of carbonyl (C=O) groups excluding carboxylic acids is 2. The Hall–Kier alpha value is -2.60. The molecule has 1 N–H and O–H groups in total. The Kier molecular flexibility index (Phi) is 5.73. The van der Waals surface area contributed by atoms with Crippen molar-refractivity contribution in [1.29, 1.82) is 0 Å². The second-order valence-corrected chi connectivity index (χ2v) is 6.65. The van der Waals surface area contributed by atoms with Gasteiger partial charge < -0.3 is 15.1 Å². The maximum Gasteiger partial charge on any atom is 0.233 e. The van der Waals surface area contributed by atoms with Crippen molar-refractivity contribution in [3.63, 3.8) is 0 Å². The highest BCUT2D eigenvalue weighted by Crippen LogP contribution is 2.20. The Labute approximate surface area is 157 Å². The molecule has 0 aliphatic carbocycles. The average Bonchev–Trinajstić information content (AvgIpc) is 2.65. The van der Waals surface area contributed by atoms with E-state index in [4.69, 9.17) is 11.6 Å². The predicted octanol–water partition coefficient (Wildman–Crippen LogP) is 2.72. The maximum absolute atomic E-state index is 12.4. The van der Waals surface area contributed by atoms with Crippen LogP contribution in [-0.2, 0) is 9.59 Å². The minimum atomic E-state index is -0.331. The van der Waals surface area contributed by atoms with Crippen molar-refractivity contribution in [3.05, 3.63) is 53.2 Å². The first-order valence-electron chi connectivity index (χ1n) is 8.52. The number of aryl methyl sites for hydroxylation is 1. The van der Waals surface area contributed by atoms with E-state index >= 15 is 0 Å². The number of hydrogen-bond acceptors (Lipinski definition) is 4. The number of amides is 2. The van der Waals surface area contributed by atoms with Crippen molar-refractivity contribution in [2.24, 2.45) is 0 Å². The van der Waals surface area contributed by atoms with Gasteiger partial charge in [0.25, 0.3) is 0 Å². The topological polar surface area (TPSA) is 65.5 Å². The van der Waals surface area contributed by atoms with Crippen LogP contribution in [0.3, 0.4) is 0 Å². The van der Waals surface area contributed by atoms with E-state index in [-0.39, 0.29) is 18.2 Å². The SMILES string of the molecule is Cc1ccc(NC(=O)CC(=O)N2CCN(c3ccccn3)CC2)cc1Cl. The van der Waals surface area contributed by atoms with E-state index in [9.17, 15) is 9.59 Å². The Morgan fingerprint density at radius 3 is 2.58 bits per heavy atom. The zero-order valence-electron chi connectivity index (χ0n) is 14.6. The summed E-state index contributed by atoms with van der Waals surface area (Å²) in [6, 6.07) is 11.1. The van der Waals surface area contributed by atoms with E-state index in [1.807, 2.05) is 31.2 Å². The molecule has 1 aromatic heterocycles. The van der Waals surface area contributed by atoms with Crippen LogP contribution in [0, 0.1) is 6.92 Å². The normalized spacial score (nSPS) is 14.2. The lowest BCUT2D eigenvalue weighted by Crippen LogP contribution is -2.49. The summed E-state index contributed by atoms with van der Waals surface area (Å²) >= 11 is 6.05. The number of pyridine rings is 1. The lowest BCUT2D eigenvalue weighted by atomic mass is 10.2. The molecule has 1 saturated heterocycles. The summed E-state index contributed by atoms with van der Waals surface area (Å²) in [5.74, 6) is 0.414. The number of nitrogens with one attached hydrogen (secondary N) is 1. The first-order valence-corrected chi connectivity index (χ1v) is 8.90. The van der Waals surface area contributed by atoms with Crippen molar-refractivity contribution in [1.82, 2.24) is 9.88 Å². The molecule has 0 spiro atoms. The molecule has 136 valence electrons. The Balaban J connectivity index is 1.49. The maximum atomic E-state index is 12.4. The molecule has 26 heavy (non-hydrogen) atoms. The van der Waals surface area contributed by atoms with Crippen molar-refractivity contribution in [3.8, 4) is 0 Å². The van der Waals surface area contributed by atoms with Gasteiger partial charge in [-0.25, -0.2) is 4.98 Å². The molecule has 2 heterocycles. The van der Waals surface area contributed by atoms with Crippen LogP contribution < -0.4 is 10.2 Å². The fourth-order valence-corrected chi connectivity index (χ4v) is 3.03. The van der Waals surface area contributed by atoms with Crippen molar-refractivity contribution >= 4 is 34.9 Å². The van der Waals surface area contributed by atoms with Gasteiger partial charge in [-0.05, 0) is 36.8 Å². The molecule has 1 aliphatic rings. The van der Waals surface area contributed by atoms with Crippen molar-refractivity contribution < 1.29 is 9.59 Å². The number of rotatable bonds is 4. The highest BCUT2D eigenvalue weighted by molar-refractivity contribution is 6.31. The Bertz CT molecular complexity index is 789. The first kappa shape index (κ1) is 18.2. The van der Waals surface area contributed by atoms with Gasteiger partial charge in [-0.15, -0.1) is 0 Å². The second-order valence-electron chi connectivity index (χ2n) is 6.24. The third kappa shape index (κ3) is 4.52. The summed E-state index contributed by atoms with van der Waals surface area (Å²) in [5.41, 5.74) is 1.53. The number of halogens is 1. The molecule has 2 amide bonds. The molecule has 1 aliphatic heterocycles. The van der Waals surface area contributed by atoms with Crippen LogP contribution in [0.2, 0.25) is 5.02 Å². The molecule has 3 rings (SSSR count). The van der Waals surface area contributed by atoms with Gasteiger partial charge in [0.05, 0.1) is 0 Å². The van der Waals surface area contributed by atoms with Gasteiger partial charge in [0, 0.05) is 43.1 Å². The number of anilines is 2. The van der Waals surface area contributed by atoms with Gasteiger partial charge in [-0.3, -0.25) is 9.59 Å². The molecule has 2 aromatic rings. The average molecular weight is 373 g/mol. The van der Waals surface area contributed by atoms with E-state index in [0.717, 1.165) is 11.4 Å². The van der Waals surface area contributed by atoms with E-state index in [1.165, 1.54) is 0 Å². The summed E-state index contributed by atoms with van der Waals surface area (Å²) < 4.78 is 0. The monoisotopic (exact) mass is 372 g/mol. The summed E-state index contributed by atoms with van der Waals surface area (Å²) in [7, 11) is 0. The van der Waals surface area contributed by atoms with Crippen LogP contribution in [0.25, 0.3) is 0 Å². The zero-order chi connectivity index (χ0) is 18.5. The molecular formula is C19H21ClN4O2. The summed E-state index contributed by atoms with van der Waals surface area (Å²) in [4.78, 5) is 32.7. The number of benzene rings is 1. The fraction of sp³-hybridized carbons (Fsp3) is 0.316. The molecule has 7 heteroatoms. The Morgan fingerprint density at radius 1 is 1.15 bits per heavy atom. The van der Waals surface area contributed by atoms with E-state index in [1.54, 1.807) is 23.2 Å². The van der Waals surface area contributed by atoms with Crippen LogP contribution in [0.4, 0.5) is 11.5 Å². The molecule has 0 saturated carbocycles. The third-order valence-corrected chi connectivity index (χ3v) is 4.78. The van der Waals surface area contributed by atoms with E-state index in [2.05, 4.69) is 15.2 Å². The largest absolute Gasteiger partial charge is 0.353 e. The highest BCUT2D eigenvalue weighted by Gasteiger charge is 2.23. The molecule has 0 bridgehead atoms. The lowest BCUT2D eigenvalue weighted by molar-refractivity contribution is -0.134. The van der Waals surface area contributed by atoms with Gasteiger partial charge in [-0.2, -0.15) is 0 Å². The van der Waals surface area contributed by atoms with Crippen molar-refractivity contribution in [2.75, 3.05) is 36.4 Å². The highest BCUT2D eigenvalue weighted by atomic mass is 35.5. The molecule has 1 fully saturated rings. The van der Waals surface area contributed by atoms with E-state index < -0.39 is 0 Å². The number of nitrogens with zero attached hydrogens (tertiary/aromatic N) is 3. The standard InChI is InChI=1S/C19H21ClN4O2/c1-14-5-6-15(12-16(14)20)22-18(25)13-19(26)24-10-8-23(9-11-24)17-4-2-3-7-21-17/h2-7,12H,8-11,13H2,1H3,(H,22,25). The van der Waals surface area contributed by atoms with Crippen molar-refractivity contribution in [2.45, 2.75) is 13.3 Å². The van der Waals surface area contributed by atoms with Gasteiger partial charge in [-0.1, -0.05) is 23.7 Å². The number of carbonyl (C=O) groups is 2. The lowest BCUT2D eigenvalue weighted by Gasteiger charge is -2.35. The quantitative estimate of drug-likeness (QED) is 0.838. The van der Waals surface area contributed by atoms with Gasteiger partial charge in [0.15, 0.2) is 0 Å².